The first-order chi connectivity index (χ1) is 12.2. The molecule has 25 heavy (non-hydrogen) atoms. The summed E-state index contributed by atoms with van der Waals surface area (Å²) in [6.45, 7) is 3.51. The number of para-hydroxylation sites is 2. The van der Waals surface area contributed by atoms with E-state index in [1.807, 2.05) is 36.1 Å². The van der Waals surface area contributed by atoms with Crippen molar-refractivity contribution >= 4 is 5.91 Å². The van der Waals surface area contributed by atoms with Crippen molar-refractivity contribution in [1.82, 2.24) is 15.0 Å². The van der Waals surface area contributed by atoms with E-state index in [1.54, 1.807) is 0 Å². The van der Waals surface area contributed by atoms with Gasteiger partial charge in [-0.25, -0.2) is 0 Å². The molecule has 1 aromatic heterocycles. The molecular weight excluding hydrogens is 322 g/mol. The van der Waals surface area contributed by atoms with Gasteiger partial charge in [0.2, 0.25) is 12.0 Å². The van der Waals surface area contributed by atoms with Gasteiger partial charge in [-0.2, -0.15) is 4.98 Å². The highest BCUT2D eigenvalue weighted by molar-refractivity contribution is 5.82. The van der Waals surface area contributed by atoms with Gasteiger partial charge in [0.05, 0.1) is 5.92 Å². The van der Waals surface area contributed by atoms with Gasteiger partial charge < -0.3 is 18.9 Å². The van der Waals surface area contributed by atoms with E-state index >= 15 is 0 Å². The molecule has 0 bridgehead atoms. The van der Waals surface area contributed by atoms with Crippen LogP contribution in [0.1, 0.15) is 37.4 Å². The van der Waals surface area contributed by atoms with Crippen LogP contribution in [0.4, 0.5) is 0 Å². The van der Waals surface area contributed by atoms with Crippen molar-refractivity contribution in [1.29, 1.82) is 0 Å². The Kier molecular flexibility index (Phi) is 4.29. The van der Waals surface area contributed by atoms with Gasteiger partial charge in [0, 0.05) is 19.5 Å². The molecule has 2 aliphatic heterocycles. The fraction of sp³-hybridized carbons (Fsp3) is 0.500. The van der Waals surface area contributed by atoms with E-state index in [-0.39, 0.29) is 18.4 Å². The third-order valence-corrected chi connectivity index (χ3v) is 4.67. The van der Waals surface area contributed by atoms with Crippen LogP contribution in [0, 0.1) is 0 Å². The highest BCUT2D eigenvalue weighted by atomic mass is 16.6. The number of hydrogen-bond donors (Lipinski definition) is 0. The monoisotopic (exact) mass is 343 g/mol. The topological polar surface area (TPSA) is 77.7 Å². The second-order valence-electron chi connectivity index (χ2n) is 6.39. The third kappa shape index (κ3) is 3.18. The molecule has 132 valence electrons. The Labute approximate surface area is 145 Å². The van der Waals surface area contributed by atoms with Crippen LogP contribution < -0.4 is 9.47 Å². The molecule has 7 nitrogen and oxygen atoms in total. The molecule has 0 saturated carbocycles. The average molecular weight is 343 g/mol. The molecule has 2 atom stereocenters. The first-order valence-electron chi connectivity index (χ1n) is 8.74. The quantitative estimate of drug-likeness (QED) is 0.850. The number of likely N-dealkylation sites (tertiary alicyclic amines) is 1. The van der Waals surface area contributed by atoms with Gasteiger partial charge >= 0.3 is 0 Å². The average Bonchev–Trinajstić information content (AvgIpc) is 3.16. The van der Waals surface area contributed by atoms with Crippen molar-refractivity contribution in [2.75, 3.05) is 19.7 Å². The maximum absolute atomic E-state index is 12.9. The molecular formula is C18H21N3O4. The van der Waals surface area contributed by atoms with E-state index in [1.165, 1.54) is 0 Å². The molecule has 0 aliphatic carbocycles. The van der Waals surface area contributed by atoms with Gasteiger partial charge in [0.25, 0.3) is 5.91 Å². The van der Waals surface area contributed by atoms with Gasteiger partial charge in [-0.15, -0.1) is 0 Å². The van der Waals surface area contributed by atoms with Gasteiger partial charge in [0.15, 0.2) is 17.3 Å². The summed E-state index contributed by atoms with van der Waals surface area (Å²) in [4.78, 5) is 19.1. The highest BCUT2D eigenvalue weighted by Crippen LogP contribution is 2.32. The van der Waals surface area contributed by atoms with Gasteiger partial charge in [-0.05, 0) is 25.0 Å². The molecule has 3 heterocycles. The van der Waals surface area contributed by atoms with Crippen molar-refractivity contribution in [3.63, 3.8) is 0 Å². The minimum Gasteiger partial charge on any atom is -0.485 e. The number of ether oxygens (including phenoxy) is 2. The van der Waals surface area contributed by atoms with Crippen LogP contribution in [0.2, 0.25) is 0 Å². The molecule has 1 aromatic carbocycles. The number of aryl methyl sites for hydroxylation is 1. The molecule has 7 heteroatoms. The van der Waals surface area contributed by atoms with Crippen LogP contribution in [0.3, 0.4) is 0 Å². The highest BCUT2D eigenvalue weighted by Gasteiger charge is 2.35. The Balaban J connectivity index is 1.43. The summed E-state index contributed by atoms with van der Waals surface area (Å²) in [6.07, 6.45) is 1.98. The first kappa shape index (κ1) is 15.9. The van der Waals surface area contributed by atoms with Crippen molar-refractivity contribution in [3.05, 3.63) is 36.0 Å². The number of piperidine rings is 1. The SMILES string of the molecule is CCc1noc([C@@H]2CCCN(C(=O)[C@@H]3COc4ccccc4O3)C2)n1. The lowest BCUT2D eigenvalue weighted by Gasteiger charge is -2.35. The van der Waals surface area contributed by atoms with Gasteiger partial charge in [-0.1, -0.05) is 24.2 Å². The van der Waals surface area contributed by atoms with Crippen molar-refractivity contribution in [2.24, 2.45) is 0 Å². The van der Waals surface area contributed by atoms with Crippen LogP contribution in [-0.4, -0.2) is 46.7 Å². The molecule has 2 aliphatic rings. The number of fused-ring (bicyclic) bond motifs is 1. The molecule has 0 unspecified atom stereocenters. The Morgan fingerprint density at radius 1 is 1.32 bits per heavy atom. The Hall–Kier alpha value is -2.57. The van der Waals surface area contributed by atoms with E-state index in [4.69, 9.17) is 14.0 Å². The van der Waals surface area contributed by atoms with Crippen LogP contribution in [0.25, 0.3) is 0 Å². The van der Waals surface area contributed by atoms with E-state index in [0.717, 1.165) is 19.3 Å². The lowest BCUT2D eigenvalue weighted by atomic mass is 9.97. The van der Waals surface area contributed by atoms with E-state index in [9.17, 15) is 4.79 Å². The maximum Gasteiger partial charge on any atom is 0.267 e. The standard InChI is InChI=1S/C18H21N3O4/c1-2-16-19-17(25-20-16)12-6-5-9-21(10-12)18(22)15-11-23-13-7-3-4-8-14(13)24-15/h3-4,7-8,12,15H,2,5-6,9-11H2,1H3/t12-,15+/m1/s1. The fourth-order valence-electron chi connectivity index (χ4n) is 3.30. The number of aromatic nitrogens is 2. The number of amides is 1. The number of carbonyl (C=O) groups excluding carboxylic acids is 1. The van der Waals surface area contributed by atoms with Crippen LogP contribution in [0.15, 0.2) is 28.8 Å². The van der Waals surface area contributed by atoms with Crippen molar-refractivity contribution in [2.45, 2.75) is 38.2 Å². The maximum atomic E-state index is 12.9. The Morgan fingerprint density at radius 3 is 2.96 bits per heavy atom. The summed E-state index contributed by atoms with van der Waals surface area (Å²) in [6, 6.07) is 7.41. The Bertz CT molecular complexity index is 760. The van der Waals surface area contributed by atoms with Crippen molar-refractivity contribution in [3.8, 4) is 11.5 Å². The number of benzene rings is 1. The largest absolute Gasteiger partial charge is 0.485 e. The molecule has 4 rings (SSSR count). The fourth-order valence-corrected chi connectivity index (χ4v) is 3.30. The zero-order valence-electron chi connectivity index (χ0n) is 14.2. The lowest BCUT2D eigenvalue weighted by Crippen LogP contribution is -2.49. The zero-order chi connectivity index (χ0) is 17.2. The first-order valence-corrected chi connectivity index (χ1v) is 8.74. The number of nitrogens with zero attached hydrogens (tertiary/aromatic N) is 3. The number of rotatable bonds is 3. The summed E-state index contributed by atoms with van der Waals surface area (Å²) in [5.41, 5.74) is 0. The van der Waals surface area contributed by atoms with E-state index in [2.05, 4.69) is 10.1 Å². The molecule has 1 fully saturated rings. The molecule has 1 saturated heterocycles. The summed E-state index contributed by atoms with van der Waals surface area (Å²) in [5.74, 6) is 2.67. The summed E-state index contributed by atoms with van der Waals surface area (Å²) >= 11 is 0. The summed E-state index contributed by atoms with van der Waals surface area (Å²) in [7, 11) is 0. The predicted octanol–water partition coefficient (Wildman–Crippen LogP) is 2.18. The minimum atomic E-state index is -0.609. The smallest absolute Gasteiger partial charge is 0.267 e. The molecule has 2 aromatic rings. The second-order valence-corrected chi connectivity index (χ2v) is 6.39. The third-order valence-electron chi connectivity index (χ3n) is 4.67. The summed E-state index contributed by atoms with van der Waals surface area (Å²) < 4.78 is 16.9. The number of hydrogen-bond acceptors (Lipinski definition) is 6. The Morgan fingerprint density at radius 2 is 2.16 bits per heavy atom. The summed E-state index contributed by atoms with van der Waals surface area (Å²) in [5, 5.41) is 3.96. The zero-order valence-corrected chi connectivity index (χ0v) is 14.2. The molecule has 0 N–H and O–H groups in total. The van der Waals surface area contributed by atoms with Gasteiger partial charge in [0.1, 0.15) is 6.61 Å². The predicted molar refractivity (Wildman–Crippen MR) is 88.6 cm³/mol. The van der Waals surface area contributed by atoms with Crippen molar-refractivity contribution < 1.29 is 18.8 Å². The van der Waals surface area contributed by atoms with Crippen LogP contribution >= 0.6 is 0 Å². The minimum absolute atomic E-state index is 0.0468. The van der Waals surface area contributed by atoms with E-state index < -0.39 is 6.10 Å². The van der Waals surface area contributed by atoms with Gasteiger partial charge in [-0.3, -0.25) is 4.79 Å². The lowest BCUT2D eigenvalue weighted by molar-refractivity contribution is -0.142. The molecule has 1 amide bonds. The number of carbonyl (C=O) groups is 1. The van der Waals surface area contributed by atoms with Crippen LogP contribution in [0.5, 0.6) is 11.5 Å². The molecule has 0 spiro atoms. The van der Waals surface area contributed by atoms with E-state index in [0.29, 0.717) is 36.3 Å². The van der Waals surface area contributed by atoms with Crippen LogP contribution in [-0.2, 0) is 11.2 Å². The molecule has 0 radical (unpaired) electrons. The second kappa shape index (κ2) is 6.74. The normalized spacial score (nSPS) is 22.7.